The molecule has 1 aromatic carbocycles. The largest absolute Gasteiger partial charge is 0.0654 e. The summed E-state index contributed by atoms with van der Waals surface area (Å²) in [5.74, 6) is 0. The third-order valence-corrected chi connectivity index (χ3v) is 8.25. The molecule has 2 fully saturated rings. The quantitative estimate of drug-likeness (QED) is 0.354. The van der Waals surface area contributed by atoms with Gasteiger partial charge in [0, 0.05) is 0 Å². The van der Waals surface area contributed by atoms with Crippen molar-refractivity contribution in [2.45, 2.75) is 140 Å². The molecule has 0 atom stereocenters. The summed E-state index contributed by atoms with van der Waals surface area (Å²) < 4.78 is 0. The van der Waals surface area contributed by atoms with Crippen LogP contribution in [0.4, 0.5) is 0 Å². The van der Waals surface area contributed by atoms with Crippen molar-refractivity contribution in [1.29, 1.82) is 0 Å². The van der Waals surface area contributed by atoms with Gasteiger partial charge in [-0.15, -0.1) is 0 Å². The predicted octanol–water partition coefficient (Wildman–Crippen LogP) is 9.25. The summed E-state index contributed by atoms with van der Waals surface area (Å²) in [6.45, 7) is 4.68. The first-order valence-electron chi connectivity index (χ1n) is 12.9. The maximum absolute atomic E-state index is 2.57. The molecule has 0 heterocycles. The lowest BCUT2D eigenvalue weighted by molar-refractivity contribution is 0.261. The minimum Gasteiger partial charge on any atom is -0.0654 e. The molecule has 0 saturated heterocycles. The first kappa shape index (κ1) is 21.9. The van der Waals surface area contributed by atoms with Crippen molar-refractivity contribution in [2.24, 2.45) is 0 Å². The molecule has 0 unspecified atom stereocenters. The molecule has 0 aromatic heterocycles. The third kappa shape index (κ3) is 5.22. The van der Waals surface area contributed by atoms with E-state index in [9.17, 15) is 0 Å². The summed E-state index contributed by atoms with van der Waals surface area (Å²) in [4.78, 5) is 0. The van der Waals surface area contributed by atoms with E-state index in [4.69, 9.17) is 0 Å². The van der Waals surface area contributed by atoms with Crippen molar-refractivity contribution in [3.05, 3.63) is 35.4 Å². The lowest BCUT2D eigenvalue weighted by atomic mass is 9.64. The van der Waals surface area contributed by atoms with Crippen LogP contribution >= 0.6 is 0 Å². The van der Waals surface area contributed by atoms with Gasteiger partial charge in [-0.3, -0.25) is 0 Å². The minimum atomic E-state index is 0.494. The van der Waals surface area contributed by atoms with Gasteiger partial charge in [-0.2, -0.15) is 0 Å². The molecule has 1 aromatic rings. The first-order valence-corrected chi connectivity index (χ1v) is 12.9. The fraction of sp³-hybridized carbons (Fsp3) is 0.786. The third-order valence-electron chi connectivity index (χ3n) is 8.25. The van der Waals surface area contributed by atoms with Crippen molar-refractivity contribution in [1.82, 2.24) is 0 Å². The van der Waals surface area contributed by atoms with Gasteiger partial charge in [0.1, 0.15) is 0 Å². The van der Waals surface area contributed by atoms with Gasteiger partial charge in [-0.1, -0.05) is 115 Å². The van der Waals surface area contributed by atoms with Gasteiger partial charge in [0.2, 0.25) is 0 Å². The summed E-state index contributed by atoms with van der Waals surface area (Å²) >= 11 is 0. The Morgan fingerprint density at radius 2 is 0.893 bits per heavy atom. The summed E-state index contributed by atoms with van der Waals surface area (Å²) in [5, 5.41) is 0. The van der Waals surface area contributed by atoms with E-state index in [2.05, 4.69) is 38.1 Å². The number of hydrogen-bond donors (Lipinski definition) is 0. The van der Waals surface area contributed by atoms with Crippen LogP contribution < -0.4 is 0 Å². The highest BCUT2D eigenvalue weighted by Crippen LogP contribution is 2.46. The van der Waals surface area contributed by atoms with Gasteiger partial charge < -0.3 is 0 Å². The van der Waals surface area contributed by atoms with Crippen LogP contribution in [0.5, 0.6) is 0 Å². The van der Waals surface area contributed by atoms with Crippen molar-refractivity contribution < 1.29 is 0 Å². The van der Waals surface area contributed by atoms with Crippen LogP contribution in [0.2, 0.25) is 0 Å². The maximum atomic E-state index is 2.57. The molecule has 28 heavy (non-hydrogen) atoms. The second kappa shape index (κ2) is 10.8. The highest BCUT2D eigenvalue weighted by atomic mass is 14.4. The van der Waals surface area contributed by atoms with Crippen molar-refractivity contribution >= 4 is 0 Å². The van der Waals surface area contributed by atoms with Crippen molar-refractivity contribution in [3.63, 3.8) is 0 Å². The Morgan fingerprint density at radius 1 is 0.536 bits per heavy atom. The van der Waals surface area contributed by atoms with Crippen LogP contribution in [0.15, 0.2) is 24.3 Å². The maximum Gasteiger partial charge on any atom is -0.00470 e. The van der Waals surface area contributed by atoms with E-state index in [1.807, 2.05) is 0 Å². The molecule has 0 bridgehead atoms. The molecule has 0 N–H and O–H groups in total. The number of benzene rings is 1. The average molecular weight is 383 g/mol. The molecule has 0 amide bonds. The van der Waals surface area contributed by atoms with Gasteiger partial charge in [0.15, 0.2) is 0 Å². The lowest BCUT2D eigenvalue weighted by Gasteiger charge is -2.40. The van der Waals surface area contributed by atoms with Crippen LogP contribution in [0.3, 0.4) is 0 Å². The Morgan fingerprint density at radius 3 is 1.21 bits per heavy atom. The van der Waals surface area contributed by atoms with Crippen LogP contribution in [-0.4, -0.2) is 0 Å². The van der Waals surface area contributed by atoms with Crippen LogP contribution in [0, 0.1) is 0 Å². The molecular weight excluding hydrogens is 336 g/mol. The minimum absolute atomic E-state index is 0.494. The van der Waals surface area contributed by atoms with E-state index < -0.39 is 0 Å². The first-order chi connectivity index (χ1) is 13.7. The van der Waals surface area contributed by atoms with E-state index in [0.717, 1.165) is 0 Å². The van der Waals surface area contributed by atoms with E-state index in [0.29, 0.717) is 10.8 Å². The average Bonchev–Trinajstić information content (AvgIpc) is 2.76. The van der Waals surface area contributed by atoms with Crippen LogP contribution in [0.25, 0.3) is 0 Å². The monoisotopic (exact) mass is 382 g/mol. The van der Waals surface area contributed by atoms with Crippen LogP contribution in [0.1, 0.15) is 141 Å². The second-order valence-electron chi connectivity index (χ2n) is 10.2. The zero-order valence-electron chi connectivity index (χ0n) is 19.0. The van der Waals surface area contributed by atoms with Gasteiger partial charge in [0.05, 0.1) is 0 Å². The van der Waals surface area contributed by atoms with Gasteiger partial charge in [-0.25, -0.2) is 0 Å². The van der Waals surface area contributed by atoms with E-state index in [-0.39, 0.29) is 0 Å². The highest BCUT2D eigenvalue weighted by molar-refractivity contribution is 5.34. The molecule has 0 radical (unpaired) electrons. The van der Waals surface area contributed by atoms with Crippen molar-refractivity contribution in [2.75, 3.05) is 0 Å². The number of rotatable bonds is 10. The van der Waals surface area contributed by atoms with E-state index >= 15 is 0 Å². The zero-order chi connectivity index (χ0) is 19.7. The van der Waals surface area contributed by atoms with Gasteiger partial charge in [0.25, 0.3) is 0 Å². The Balaban J connectivity index is 1.78. The van der Waals surface area contributed by atoms with E-state index in [1.54, 1.807) is 11.1 Å². The normalized spacial score (nSPS) is 21.5. The highest BCUT2D eigenvalue weighted by Gasteiger charge is 2.36. The Bertz CT molecular complexity index is 489. The lowest BCUT2D eigenvalue weighted by Crippen LogP contribution is -2.31. The summed E-state index contributed by atoms with van der Waals surface area (Å²) in [6, 6.07) is 10.3. The summed E-state index contributed by atoms with van der Waals surface area (Å²) in [7, 11) is 0. The fourth-order valence-corrected chi connectivity index (χ4v) is 6.43. The zero-order valence-corrected chi connectivity index (χ0v) is 19.0. The number of unbranched alkanes of at least 4 members (excludes halogenated alkanes) is 4. The summed E-state index contributed by atoms with van der Waals surface area (Å²) in [6.07, 6.45) is 25.5. The molecule has 2 saturated carbocycles. The predicted molar refractivity (Wildman–Crippen MR) is 124 cm³/mol. The SMILES string of the molecule is CCCCCC1(c2ccc(C3(CCCCC)CCCCC3)cc2)CCCCC1. The number of hydrogen-bond acceptors (Lipinski definition) is 0. The molecule has 0 nitrogen and oxygen atoms in total. The van der Waals surface area contributed by atoms with Gasteiger partial charge in [-0.05, 0) is 60.5 Å². The molecule has 0 spiro atoms. The smallest absolute Gasteiger partial charge is 0.00470 e. The molecule has 2 aliphatic carbocycles. The van der Waals surface area contributed by atoms with Crippen LogP contribution in [-0.2, 0) is 10.8 Å². The fourth-order valence-electron chi connectivity index (χ4n) is 6.43. The Kier molecular flexibility index (Phi) is 8.49. The standard InChI is InChI=1S/C28H46/c1-3-5-9-19-27(21-11-7-12-22-27)25-15-17-26(18-16-25)28(20-10-6-4-2)23-13-8-14-24-28/h15-18H,3-14,19-24H2,1-2H3. The Labute approximate surface area is 175 Å². The van der Waals surface area contributed by atoms with E-state index in [1.165, 1.54) is 116 Å². The van der Waals surface area contributed by atoms with Crippen molar-refractivity contribution in [3.8, 4) is 0 Å². The summed E-state index contributed by atoms with van der Waals surface area (Å²) in [5.41, 5.74) is 4.33. The molecule has 0 heteroatoms. The molecule has 0 aliphatic heterocycles. The molecule has 158 valence electrons. The molecule has 3 rings (SSSR count). The van der Waals surface area contributed by atoms with Gasteiger partial charge >= 0.3 is 0 Å². The molecular formula is C28H46. The second-order valence-corrected chi connectivity index (χ2v) is 10.2. The Hall–Kier alpha value is -0.780. The molecule has 2 aliphatic rings. The topological polar surface area (TPSA) is 0 Å².